The summed E-state index contributed by atoms with van der Waals surface area (Å²) in [4.78, 5) is 4.29. The van der Waals surface area contributed by atoms with Crippen LogP contribution in [0.2, 0.25) is 0 Å². The van der Waals surface area contributed by atoms with Crippen LogP contribution in [0, 0.1) is 19.3 Å². The summed E-state index contributed by atoms with van der Waals surface area (Å²) in [6.07, 6.45) is 1.74. The highest BCUT2D eigenvalue weighted by molar-refractivity contribution is 5.79. The smallest absolute Gasteiger partial charge is 0.191 e. The molecule has 0 amide bonds. The number of hydrogen-bond donors (Lipinski definition) is 3. The molecule has 0 saturated carbocycles. The summed E-state index contributed by atoms with van der Waals surface area (Å²) in [5.74, 6) is 0.786. The van der Waals surface area contributed by atoms with Gasteiger partial charge < -0.3 is 20.5 Å². The van der Waals surface area contributed by atoms with Gasteiger partial charge in [-0.15, -0.1) is 0 Å². The first-order valence-corrected chi connectivity index (χ1v) is 8.28. The van der Waals surface area contributed by atoms with Crippen molar-refractivity contribution in [1.82, 2.24) is 10.6 Å². The minimum Gasteiger partial charge on any atom is -0.396 e. The van der Waals surface area contributed by atoms with Crippen LogP contribution in [0.5, 0.6) is 0 Å². The lowest BCUT2D eigenvalue weighted by Gasteiger charge is -2.27. The summed E-state index contributed by atoms with van der Waals surface area (Å²) < 4.78 is 5.52. The van der Waals surface area contributed by atoms with E-state index in [-0.39, 0.29) is 12.0 Å². The van der Waals surface area contributed by atoms with Crippen molar-refractivity contribution in [3.05, 3.63) is 34.9 Å². The van der Waals surface area contributed by atoms with Gasteiger partial charge in [0.2, 0.25) is 0 Å². The van der Waals surface area contributed by atoms with Gasteiger partial charge in [0.1, 0.15) is 0 Å². The Hall–Kier alpha value is -1.59. The second-order valence-electron chi connectivity index (χ2n) is 6.49. The molecule has 2 rings (SSSR count). The molecule has 23 heavy (non-hydrogen) atoms. The first-order chi connectivity index (χ1) is 11.1. The van der Waals surface area contributed by atoms with Crippen LogP contribution in [0.1, 0.15) is 29.5 Å². The van der Waals surface area contributed by atoms with Crippen molar-refractivity contribution in [2.24, 2.45) is 10.4 Å². The van der Waals surface area contributed by atoms with Crippen LogP contribution in [0.15, 0.2) is 23.2 Å². The second kappa shape index (κ2) is 8.31. The maximum absolute atomic E-state index is 9.29. The third kappa shape index (κ3) is 4.94. The fourth-order valence-electron chi connectivity index (χ4n) is 3.03. The molecule has 0 spiro atoms. The third-order valence-corrected chi connectivity index (χ3v) is 4.63. The maximum atomic E-state index is 9.29. The fraction of sp³-hybridized carbons (Fsp3) is 0.611. The lowest BCUT2D eigenvalue weighted by atomic mass is 9.84. The predicted octanol–water partition coefficient (Wildman–Crippen LogP) is 1.76. The molecule has 1 atom stereocenters. The molecular formula is C18H29N3O2. The normalized spacial score (nSPS) is 21.5. The van der Waals surface area contributed by atoms with E-state index in [1.54, 1.807) is 7.05 Å². The summed E-state index contributed by atoms with van der Waals surface area (Å²) in [5, 5.41) is 16.0. The molecule has 0 aromatic heterocycles. The topological polar surface area (TPSA) is 65.9 Å². The number of nitrogens with zero attached hydrogens (tertiary/aromatic N) is 1. The molecule has 0 aliphatic carbocycles. The summed E-state index contributed by atoms with van der Waals surface area (Å²) in [5.41, 5.74) is 3.86. The van der Waals surface area contributed by atoms with Crippen LogP contribution in [-0.4, -0.2) is 44.5 Å². The lowest BCUT2D eigenvalue weighted by molar-refractivity contribution is 0.127. The van der Waals surface area contributed by atoms with Gasteiger partial charge in [-0.3, -0.25) is 4.99 Å². The second-order valence-corrected chi connectivity index (χ2v) is 6.49. The van der Waals surface area contributed by atoms with Crippen molar-refractivity contribution in [2.45, 2.75) is 33.2 Å². The van der Waals surface area contributed by atoms with Crippen molar-refractivity contribution in [1.29, 1.82) is 0 Å². The Bertz CT molecular complexity index is 537. The largest absolute Gasteiger partial charge is 0.396 e. The van der Waals surface area contributed by atoms with E-state index >= 15 is 0 Å². The zero-order valence-electron chi connectivity index (χ0n) is 14.5. The minimum absolute atomic E-state index is 0.0200. The van der Waals surface area contributed by atoms with Gasteiger partial charge in [-0.05, 0) is 37.8 Å². The zero-order valence-corrected chi connectivity index (χ0v) is 14.5. The number of rotatable bonds is 6. The first kappa shape index (κ1) is 17.8. The summed E-state index contributed by atoms with van der Waals surface area (Å²) >= 11 is 0. The molecule has 128 valence electrons. The standard InChI is InChI=1S/C18H29N3O2/c1-14-4-5-16(15(2)10-14)11-20-17(19-3)21-12-18(6-8-22)7-9-23-13-18/h4-5,10,22H,6-9,11-13H2,1-3H3,(H2,19,20,21). The van der Waals surface area contributed by atoms with E-state index in [1.807, 2.05) is 0 Å². The lowest BCUT2D eigenvalue weighted by Crippen LogP contribution is -2.44. The number of nitrogens with one attached hydrogen (secondary N) is 2. The van der Waals surface area contributed by atoms with Gasteiger partial charge in [0, 0.05) is 38.8 Å². The molecule has 5 nitrogen and oxygen atoms in total. The molecule has 1 unspecified atom stereocenters. The van der Waals surface area contributed by atoms with Gasteiger partial charge in [0.25, 0.3) is 0 Å². The Kier molecular flexibility index (Phi) is 6.42. The highest BCUT2D eigenvalue weighted by Gasteiger charge is 2.34. The quantitative estimate of drug-likeness (QED) is 0.552. The van der Waals surface area contributed by atoms with Crippen LogP contribution < -0.4 is 10.6 Å². The van der Waals surface area contributed by atoms with Crippen molar-refractivity contribution in [3.8, 4) is 0 Å². The third-order valence-electron chi connectivity index (χ3n) is 4.63. The highest BCUT2D eigenvalue weighted by Crippen LogP contribution is 2.31. The van der Waals surface area contributed by atoms with Gasteiger partial charge in [-0.1, -0.05) is 23.8 Å². The Balaban J connectivity index is 1.88. The van der Waals surface area contributed by atoms with Crippen LogP contribution >= 0.6 is 0 Å². The Morgan fingerprint density at radius 1 is 1.35 bits per heavy atom. The van der Waals surface area contributed by atoms with Gasteiger partial charge >= 0.3 is 0 Å². The van der Waals surface area contributed by atoms with E-state index in [4.69, 9.17) is 4.74 Å². The number of aliphatic hydroxyl groups is 1. The molecule has 1 aromatic rings. The molecule has 1 aromatic carbocycles. The summed E-state index contributed by atoms with van der Waals surface area (Å²) in [7, 11) is 1.78. The van der Waals surface area contributed by atoms with E-state index < -0.39 is 0 Å². The monoisotopic (exact) mass is 319 g/mol. The average Bonchev–Trinajstić information content (AvgIpc) is 2.98. The first-order valence-electron chi connectivity index (χ1n) is 8.28. The van der Waals surface area contributed by atoms with Gasteiger partial charge in [-0.25, -0.2) is 0 Å². The zero-order chi connectivity index (χ0) is 16.7. The van der Waals surface area contributed by atoms with E-state index in [1.165, 1.54) is 16.7 Å². The van der Waals surface area contributed by atoms with Crippen molar-refractivity contribution >= 4 is 5.96 Å². The number of guanidine groups is 1. The Labute approximate surface area is 139 Å². The van der Waals surface area contributed by atoms with Crippen molar-refractivity contribution in [3.63, 3.8) is 0 Å². The van der Waals surface area contributed by atoms with Gasteiger partial charge in [-0.2, -0.15) is 0 Å². The molecule has 0 radical (unpaired) electrons. The molecule has 1 saturated heterocycles. The van der Waals surface area contributed by atoms with Crippen LogP contribution in [-0.2, 0) is 11.3 Å². The summed E-state index contributed by atoms with van der Waals surface area (Å²) in [6, 6.07) is 6.48. The number of aliphatic imine (C=N–C) groups is 1. The number of aryl methyl sites for hydroxylation is 2. The van der Waals surface area contributed by atoms with E-state index in [0.29, 0.717) is 6.61 Å². The average molecular weight is 319 g/mol. The highest BCUT2D eigenvalue weighted by atomic mass is 16.5. The van der Waals surface area contributed by atoms with Crippen LogP contribution in [0.3, 0.4) is 0 Å². The summed E-state index contributed by atoms with van der Waals surface area (Å²) in [6.45, 7) is 7.42. The van der Waals surface area contributed by atoms with Gasteiger partial charge in [0.05, 0.1) is 6.61 Å². The number of ether oxygens (including phenoxy) is 1. The maximum Gasteiger partial charge on any atom is 0.191 e. The van der Waals surface area contributed by atoms with E-state index in [2.05, 4.69) is 47.7 Å². The number of aliphatic hydroxyl groups excluding tert-OH is 1. The SMILES string of the molecule is CN=C(NCc1ccc(C)cc1C)NCC1(CCO)CCOC1. The molecule has 1 heterocycles. The predicted molar refractivity (Wildman–Crippen MR) is 93.7 cm³/mol. The molecule has 5 heteroatoms. The van der Waals surface area contributed by atoms with Gasteiger partial charge in [0.15, 0.2) is 5.96 Å². The van der Waals surface area contributed by atoms with E-state index in [0.717, 1.165) is 38.5 Å². The number of hydrogen-bond acceptors (Lipinski definition) is 3. The van der Waals surface area contributed by atoms with Crippen LogP contribution in [0.4, 0.5) is 0 Å². The Morgan fingerprint density at radius 3 is 2.78 bits per heavy atom. The Morgan fingerprint density at radius 2 is 2.17 bits per heavy atom. The van der Waals surface area contributed by atoms with Crippen molar-refractivity contribution in [2.75, 3.05) is 33.4 Å². The minimum atomic E-state index is 0.0200. The fourth-order valence-corrected chi connectivity index (χ4v) is 3.03. The van der Waals surface area contributed by atoms with Crippen LogP contribution in [0.25, 0.3) is 0 Å². The molecule has 3 N–H and O–H groups in total. The molecule has 1 aliphatic heterocycles. The molecule has 1 fully saturated rings. The molecule has 0 bridgehead atoms. The molecular weight excluding hydrogens is 290 g/mol. The van der Waals surface area contributed by atoms with Crippen molar-refractivity contribution < 1.29 is 9.84 Å². The molecule has 1 aliphatic rings. The van der Waals surface area contributed by atoms with E-state index in [9.17, 15) is 5.11 Å². The number of benzene rings is 1.